The van der Waals surface area contributed by atoms with Crippen LogP contribution in [0.15, 0.2) is 42.5 Å². The Morgan fingerprint density at radius 3 is 2.55 bits per heavy atom. The van der Waals surface area contributed by atoms with E-state index in [9.17, 15) is 9.59 Å². The van der Waals surface area contributed by atoms with E-state index in [0.717, 1.165) is 16.3 Å². The molecule has 0 aliphatic heterocycles. The zero-order valence-corrected chi connectivity index (χ0v) is 11.3. The molecule has 20 heavy (non-hydrogen) atoms. The lowest BCUT2D eigenvalue weighted by Gasteiger charge is -2.16. The third-order valence-corrected chi connectivity index (χ3v) is 3.23. The highest BCUT2D eigenvalue weighted by atomic mass is 16.4. The van der Waals surface area contributed by atoms with E-state index >= 15 is 0 Å². The van der Waals surface area contributed by atoms with Crippen LogP contribution >= 0.6 is 0 Å². The van der Waals surface area contributed by atoms with E-state index in [1.54, 1.807) is 0 Å². The minimum Gasteiger partial charge on any atom is -0.481 e. The van der Waals surface area contributed by atoms with E-state index in [0.29, 0.717) is 0 Å². The molecule has 0 fully saturated rings. The molecule has 0 spiro atoms. The molecular weight excluding hydrogens is 254 g/mol. The zero-order chi connectivity index (χ0) is 14.5. The first kappa shape index (κ1) is 14.1. The molecule has 0 radical (unpaired) electrons. The van der Waals surface area contributed by atoms with E-state index in [4.69, 9.17) is 5.11 Å². The number of hydrogen-bond donors (Lipinski definition) is 2. The van der Waals surface area contributed by atoms with Crippen LogP contribution in [0, 0.1) is 0 Å². The van der Waals surface area contributed by atoms with Gasteiger partial charge in [0.1, 0.15) is 0 Å². The van der Waals surface area contributed by atoms with E-state index < -0.39 is 5.97 Å². The van der Waals surface area contributed by atoms with Gasteiger partial charge in [-0.2, -0.15) is 0 Å². The minimum atomic E-state index is -0.960. The molecule has 4 heteroatoms. The molecule has 2 N–H and O–H groups in total. The second-order valence-electron chi connectivity index (χ2n) is 4.75. The average Bonchev–Trinajstić information content (AvgIpc) is 2.44. The predicted octanol–water partition coefficient (Wildman–Crippen LogP) is 2.88. The lowest BCUT2D eigenvalue weighted by molar-refractivity contribution is -0.138. The van der Waals surface area contributed by atoms with Gasteiger partial charge < -0.3 is 10.4 Å². The number of amides is 1. The summed E-state index contributed by atoms with van der Waals surface area (Å²) in [5.41, 5.74) is 1.03. The first-order valence-corrected chi connectivity index (χ1v) is 6.57. The predicted molar refractivity (Wildman–Crippen MR) is 77.4 cm³/mol. The quantitative estimate of drug-likeness (QED) is 0.878. The summed E-state index contributed by atoms with van der Waals surface area (Å²) in [4.78, 5) is 22.1. The van der Waals surface area contributed by atoms with Crippen LogP contribution in [0.2, 0.25) is 0 Å². The summed E-state index contributed by atoms with van der Waals surface area (Å²) in [6, 6.07) is 13.8. The molecule has 0 aromatic heterocycles. The molecule has 2 rings (SSSR count). The van der Waals surface area contributed by atoms with Crippen LogP contribution < -0.4 is 5.32 Å². The number of hydrogen-bond acceptors (Lipinski definition) is 2. The van der Waals surface area contributed by atoms with Crippen molar-refractivity contribution in [1.29, 1.82) is 0 Å². The van der Waals surface area contributed by atoms with Gasteiger partial charge in [-0.15, -0.1) is 0 Å². The number of benzene rings is 2. The van der Waals surface area contributed by atoms with Crippen LogP contribution in [0.5, 0.6) is 0 Å². The topological polar surface area (TPSA) is 66.4 Å². The molecule has 2 aromatic rings. The summed E-state index contributed by atoms with van der Waals surface area (Å²) >= 11 is 0. The minimum absolute atomic E-state index is 0.00440. The van der Waals surface area contributed by atoms with Crippen molar-refractivity contribution < 1.29 is 14.7 Å². The molecule has 0 bridgehead atoms. The Bertz CT molecular complexity index is 631. The van der Waals surface area contributed by atoms with Crippen molar-refractivity contribution in [2.75, 3.05) is 0 Å². The maximum absolute atomic E-state index is 11.7. The number of rotatable bonds is 5. The van der Waals surface area contributed by atoms with Crippen molar-refractivity contribution in [3.05, 3.63) is 48.0 Å². The molecule has 4 nitrogen and oxygen atoms in total. The maximum atomic E-state index is 11.7. The van der Waals surface area contributed by atoms with Gasteiger partial charge in [-0.1, -0.05) is 42.5 Å². The van der Waals surface area contributed by atoms with Gasteiger partial charge in [0.25, 0.3) is 0 Å². The molecule has 0 aliphatic rings. The van der Waals surface area contributed by atoms with Gasteiger partial charge in [-0.05, 0) is 23.3 Å². The molecule has 0 saturated heterocycles. The first-order chi connectivity index (χ1) is 9.58. The van der Waals surface area contributed by atoms with Crippen molar-refractivity contribution in [2.24, 2.45) is 0 Å². The van der Waals surface area contributed by atoms with Crippen LogP contribution in [0.25, 0.3) is 10.8 Å². The number of carbonyl (C=O) groups is 2. The third-order valence-electron chi connectivity index (χ3n) is 3.23. The second kappa shape index (κ2) is 6.19. The summed E-state index contributed by atoms with van der Waals surface area (Å²) in [6.07, 6.45) is -0.140. The number of aliphatic carboxylic acids is 1. The third kappa shape index (κ3) is 3.35. The lowest BCUT2D eigenvalue weighted by Crippen LogP contribution is -2.27. The monoisotopic (exact) mass is 271 g/mol. The summed E-state index contributed by atoms with van der Waals surface area (Å²) in [5, 5.41) is 13.6. The highest BCUT2D eigenvalue weighted by Gasteiger charge is 2.12. The molecule has 0 saturated carbocycles. The average molecular weight is 271 g/mol. The van der Waals surface area contributed by atoms with Gasteiger partial charge in [-0.25, -0.2) is 0 Å². The smallest absolute Gasteiger partial charge is 0.303 e. The van der Waals surface area contributed by atoms with Crippen molar-refractivity contribution in [3.8, 4) is 0 Å². The van der Waals surface area contributed by atoms with Gasteiger partial charge in [-0.3, -0.25) is 9.59 Å². The number of carboxylic acids is 1. The van der Waals surface area contributed by atoms with Crippen LogP contribution in [0.3, 0.4) is 0 Å². The Balaban J connectivity index is 2.13. The first-order valence-electron chi connectivity index (χ1n) is 6.57. The maximum Gasteiger partial charge on any atom is 0.303 e. The lowest BCUT2D eigenvalue weighted by atomic mass is 9.99. The van der Waals surface area contributed by atoms with Crippen molar-refractivity contribution in [1.82, 2.24) is 5.32 Å². The molecule has 1 atom stereocenters. The zero-order valence-electron chi connectivity index (χ0n) is 11.3. The Hall–Kier alpha value is -2.36. The Kier molecular flexibility index (Phi) is 4.35. The fraction of sp³-hybridized carbons (Fsp3) is 0.250. The molecule has 104 valence electrons. The molecule has 0 heterocycles. The Morgan fingerprint density at radius 2 is 1.80 bits per heavy atom. The fourth-order valence-electron chi connectivity index (χ4n) is 2.24. The van der Waals surface area contributed by atoms with Gasteiger partial charge in [0, 0.05) is 6.42 Å². The molecular formula is C16H17NO3. The van der Waals surface area contributed by atoms with E-state index in [2.05, 4.69) is 5.32 Å². The van der Waals surface area contributed by atoms with Gasteiger partial charge in [0.2, 0.25) is 5.91 Å². The normalized spacial score (nSPS) is 12.1. The van der Waals surface area contributed by atoms with E-state index in [1.807, 2.05) is 49.4 Å². The van der Waals surface area contributed by atoms with E-state index in [1.165, 1.54) is 0 Å². The second-order valence-corrected chi connectivity index (χ2v) is 4.75. The van der Waals surface area contributed by atoms with Crippen molar-refractivity contribution in [3.63, 3.8) is 0 Å². The SMILES string of the molecule is CC(NC(=O)CCC(=O)O)c1cccc2ccccc12. The van der Waals surface area contributed by atoms with Crippen molar-refractivity contribution >= 4 is 22.6 Å². The van der Waals surface area contributed by atoms with Crippen LogP contribution in [0.1, 0.15) is 31.4 Å². The van der Waals surface area contributed by atoms with Gasteiger partial charge >= 0.3 is 5.97 Å². The molecule has 1 amide bonds. The number of carbonyl (C=O) groups excluding carboxylic acids is 1. The fourth-order valence-corrected chi connectivity index (χ4v) is 2.24. The number of carboxylic acid groups (broad SMARTS) is 1. The number of fused-ring (bicyclic) bond motifs is 1. The van der Waals surface area contributed by atoms with Crippen LogP contribution in [-0.2, 0) is 9.59 Å². The van der Waals surface area contributed by atoms with E-state index in [-0.39, 0.29) is 24.8 Å². The Morgan fingerprint density at radius 1 is 1.10 bits per heavy atom. The Labute approximate surface area is 117 Å². The van der Waals surface area contributed by atoms with Gasteiger partial charge in [0.15, 0.2) is 0 Å². The summed E-state index contributed by atoms with van der Waals surface area (Å²) in [7, 11) is 0. The summed E-state index contributed by atoms with van der Waals surface area (Å²) < 4.78 is 0. The molecule has 1 unspecified atom stereocenters. The molecule has 0 aliphatic carbocycles. The van der Waals surface area contributed by atoms with Crippen LogP contribution in [0.4, 0.5) is 0 Å². The molecule has 2 aromatic carbocycles. The largest absolute Gasteiger partial charge is 0.481 e. The standard InChI is InChI=1S/C16H17NO3/c1-11(17-15(18)9-10-16(19)20)13-8-4-6-12-5-2-3-7-14(12)13/h2-8,11H,9-10H2,1H3,(H,17,18)(H,19,20). The highest BCUT2D eigenvalue weighted by molar-refractivity contribution is 5.87. The number of nitrogens with one attached hydrogen (secondary N) is 1. The highest BCUT2D eigenvalue weighted by Crippen LogP contribution is 2.24. The van der Waals surface area contributed by atoms with Crippen LogP contribution in [-0.4, -0.2) is 17.0 Å². The van der Waals surface area contributed by atoms with Gasteiger partial charge in [0.05, 0.1) is 12.5 Å². The summed E-state index contributed by atoms with van der Waals surface area (Å²) in [5.74, 6) is -1.20. The summed E-state index contributed by atoms with van der Waals surface area (Å²) in [6.45, 7) is 1.90. The van der Waals surface area contributed by atoms with Crippen molar-refractivity contribution in [2.45, 2.75) is 25.8 Å².